The van der Waals surface area contributed by atoms with Crippen molar-refractivity contribution >= 4 is 28.8 Å². The molecule has 1 aromatic carbocycles. The van der Waals surface area contributed by atoms with E-state index in [2.05, 4.69) is 10.3 Å². The highest BCUT2D eigenvalue weighted by Gasteiger charge is 2.17. The zero-order valence-electron chi connectivity index (χ0n) is 10.5. The predicted molar refractivity (Wildman–Crippen MR) is 76.3 cm³/mol. The Hall–Kier alpha value is -2.74. The third kappa shape index (κ3) is 3.42. The van der Waals surface area contributed by atoms with E-state index in [0.717, 1.165) is 0 Å². The summed E-state index contributed by atoms with van der Waals surface area (Å²) in [6, 6.07) is 8.62. The van der Waals surface area contributed by atoms with Crippen molar-refractivity contribution in [3.05, 3.63) is 67.3 Å². The van der Waals surface area contributed by atoms with E-state index in [1.807, 2.05) is 0 Å². The van der Waals surface area contributed by atoms with Crippen LogP contribution in [0.1, 0.15) is 5.56 Å². The number of hydrogen-bond acceptors (Lipinski definition) is 6. The summed E-state index contributed by atoms with van der Waals surface area (Å²) in [5.41, 5.74) is 0.0613. The van der Waals surface area contributed by atoms with Gasteiger partial charge in [0.15, 0.2) is 0 Å². The number of rotatable bonds is 5. The number of anilines is 1. The predicted octanol–water partition coefficient (Wildman–Crippen LogP) is 3.16. The van der Waals surface area contributed by atoms with E-state index in [4.69, 9.17) is 11.6 Å². The van der Waals surface area contributed by atoms with Gasteiger partial charge >= 0.3 is 5.69 Å². The van der Waals surface area contributed by atoms with Crippen LogP contribution < -0.4 is 5.32 Å². The van der Waals surface area contributed by atoms with Crippen LogP contribution in [0.5, 0.6) is 0 Å². The van der Waals surface area contributed by atoms with E-state index in [0.29, 0.717) is 5.56 Å². The monoisotopic (exact) mass is 308 g/mol. The number of pyridine rings is 1. The van der Waals surface area contributed by atoms with E-state index in [9.17, 15) is 20.2 Å². The molecule has 0 atom stereocenters. The number of nitrogens with one attached hydrogen (secondary N) is 1. The fraction of sp³-hybridized carbons (Fsp3) is 0.0833. The highest BCUT2D eigenvalue weighted by atomic mass is 35.5. The molecule has 1 heterocycles. The van der Waals surface area contributed by atoms with E-state index < -0.39 is 9.85 Å². The Kier molecular flexibility index (Phi) is 4.29. The molecule has 2 aromatic rings. The minimum atomic E-state index is -0.606. The molecule has 0 bridgehead atoms. The second-order valence-electron chi connectivity index (χ2n) is 4.00. The van der Waals surface area contributed by atoms with Gasteiger partial charge in [0.2, 0.25) is 5.82 Å². The average molecular weight is 309 g/mol. The van der Waals surface area contributed by atoms with Crippen LogP contribution in [0, 0.1) is 20.2 Å². The second-order valence-corrected chi connectivity index (χ2v) is 4.39. The first-order chi connectivity index (χ1) is 9.99. The Balaban J connectivity index is 2.27. The molecule has 0 saturated carbocycles. The van der Waals surface area contributed by atoms with Crippen LogP contribution >= 0.6 is 11.6 Å². The smallest absolute Gasteiger partial charge is 0.311 e. The van der Waals surface area contributed by atoms with Crippen molar-refractivity contribution in [3.63, 3.8) is 0 Å². The molecule has 1 aromatic heterocycles. The van der Waals surface area contributed by atoms with Crippen molar-refractivity contribution < 1.29 is 9.85 Å². The molecular weight excluding hydrogens is 300 g/mol. The molecule has 1 N–H and O–H groups in total. The zero-order valence-corrected chi connectivity index (χ0v) is 11.3. The van der Waals surface area contributed by atoms with Crippen LogP contribution in [0.3, 0.4) is 0 Å². The molecule has 108 valence electrons. The topological polar surface area (TPSA) is 111 Å². The lowest BCUT2D eigenvalue weighted by Gasteiger charge is -2.07. The first-order valence-electron chi connectivity index (χ1n) is 5.76. The van der Waals surface area contributed by atoms with Crippen molar-refractivity contribution in [3.8, 4) is 0 Å². The maximum atomic E-state index is 10.9. The van der Waals surface area contributed by atoms with E-state index in [1.54, 1.807) is 18.2 Å². The van der Waals surface area contributed by atoms with Gasteiger partial charge in [-0.15, -0.1) is 0 Å². The minimum absolute atomic E-state index is 0.0192. The van der Waals surface area contributed by atoms with Crippen LogP contribution in [0.25, 0.3) is 0 Å². The number of nitrogens with zero attached hydrogens (tertiary/aromatic N) is 3. The van der Waals surface area contributed by atoms with Crippen LogP contribution in [0.4, 0.5) is 17.2 Å². The van der Waals surface area contributed by atoms with Crippen molar-refractivity contribution in [1.82, 2.24) is 4.98 Å². The summed E-state index contributed by atoms with van der Waals surface area (Å²) in [6.45, 7) is 0.0192. The largest absolute Gasteiger partial charge is 0.360 e. The fourth-order valence-electron chi connectivity index (χ4n) is 1.72. The molecule has 0 amide bonds. The molecule has 0 radical (unpaired) electrons. The maximum absolute atomic E-state index is 10.9. The highest BCUT2D eigenvalue weighted by Crippen LogP contribution is 2.25. The maximum Gasteiger partial charge on any atom is 0.311 e. The number of aromatic nitrogens is 1. The molecule has 0 aliphatic rings. The van der Waals surface area contributed by atoms with Gasteiger partial charge in [-0.3, -0.25) is 20.2 Å². The van der Waals surface area contributed by atoms with Crippen molar-refractivity contribution in [2.75, 3.05) is 5.32 Å². The Labute approximate surface area is 123 Å². The van der Waals surface area contributed by atoms with Crippen LogP contribution in [0.15, 0.2) is 36.4 Å². The second kappa shape index (κ2) is 6.14. The molecular formula is C12H9ClN4O4. The molecule has 0 aliphatic heterocycles. The highest BCUT2D eigenvalue weighted by molar-refractivity contribution is 6.29. The molecule has 9 heteroatoms. The van der Waals surface area contributed by atoms with Gasteiger partial charge < -0.3 is 5.32 Å². The zero-order chi connectivity index (χ0) is 15.4. The summed E-state index contributed by atoms with van der Waals surface area (Å²) < 4.78 is 0. The lowest BCUT2D eigenvalue weighted by atomic mass is 10.2. The third-order valence-corrected chi connectivity index (χ3v) is 2.88. The van der Waals surface area contributed by atoms with Gasteiger partial charge in [0.05, 0.1) is 9.85 Å². The lowest BCUT2D eigenvalue weighted by molar-refractivity contribution is -0.385. The Bertz CT molecular complexity index is 707. The quantitative estimate of drug-likeness (QED) is 0.516. The molecule has 0 spiro atoms. The Morgan fingerprint density at radius 1 is 1.05 bits per heavy atom. The molecule has 2 rings (SSSR count). The molecule has 21 heavy (non-hydrogen) atoms. The minimum Gasteiger partial charge on any atom is -0.360 e. The summed E-state index contributed by atoms with van der Waals surface area (Å²) >= 11 is 5.70. The van der Waals surface area contributed by atoms with Gasteiger partial charge in [0, 0.05) is 24.2 Å². The summed E-state index contributed by atoms with van der Waals surface area (Å²) in [5, 5.41) is 24.6. The number of benzene rings is 1. The first-order valence-corrected chi connectivity index (χ1v) is 6.14. The average Bonchev–Trinajstić information content (AvgIpc) is 2.45. The molecule has 0 fully saturated rings. The number of nitro benzene ring substituents is 1. The summed E-state index contributed by atoms with van der Waals surface area (Å²) in [5.74, 6) is -0.0364. The van der Waals surface area contributed by atoms with Crippen molar-refractivity contribution in [1.29, 1.82) is 0 Å². The van der Waals surface area contributed by atoms with Gasteiger partial charge in [-0.1, -0.05) is 29.8 Å². The molecule has 8 nitrogen and oxygen atoms in total. The van der Waals surface area contributed by atoms with Gasteiger partial charge in [-0.05, 0) is 6.07 Å². The first kappa shape index (κ1) is 14.7. The Morgan fingerprint density at radius 3 is 2.38 bits per heavy atom. The van der Waals surface area contributed by atoms with Crippen molar-refractivity contribution in [2.45, 2.75) is 6.54 Å². The molecule has 0 saturated heterocycles. The van der Waals surface area contributed by atoms with Gasteiger partial charge in [-0.25, -0.2) is 4.98 Å². The van der Waals surface area contributed by atoms with E-state index >= 15 is 0 Å². The lowest BCUT2D eigenvalue weighted by Crippen LogP contribution is -2.06. The molecule has 0 unspecified atom stereocenters. The Morgan fingerprint density at radius 2 is 1.71 bits per heavy atom. The van der Waals surface area contributed by atoms with Crippen LogP contribution in [-0.4, -0.2) is 14.8 Å². The summed E-state index contributed by atoms with van der Waals surface area (Å²) in [4.78, 5) is 24.5. The summed E-state index contributed by atoms with van der Waals surface area (Å²) in [6.07, 6.45) is 0. The number of nitro groups is 2. The molecule has 0 aliphatic carbocycles. The summed E-state index contributed by atoms with van der Waals surface area (Å²) in [7, 11) is 0. The fourth-order valence-corrected chi connectivity index (χ4v) is 1.87. The third-order valence-electron chi connectivity index (χ3n) is 2.67. The standard InChI is InChI=1S/C12H9ClN4O4/c13-11-6-5-10(17(20)21)12(15-11)14-7-8-3-1-2-4-9(8)16(18)19/h1-6H,7H2,(H,14,15). The van der Waals surface area contributed by atoms with E-state index in [1.165, 1.54) is 18.2 Å². The van der Waals surface area contributed by atoms with Gasteiger partial charge in [0.25, 0.3) is 5.69 Å². The van der Waals surface area contributed by atoms with Crippen LogP contribution in [0.2, 0.25) is 5.15 Å². The number of para-hydroxylation sites is 1. The number of halogens is 1. The van der Waals surface area contributed by atoms with E-state index in [-0.39, 0.29) is 28.9 Å². The van der Waals surface area contributed by atoms with Gasteiger partial charge in [0.1, 0.15) is 5.15 Å². The normalized spacial score (nSPS) is 10.1. The van der Waals surface area contributed by atoms with Crippen molar-refractivity contribution in [2.24, 2.45) is 0 Å². The van der Waals surface area contributed by atoms with Gasteiger partial charge in [-0.2, -0.15) is 0 Å². The van der Waals surface area contributed by atoms with Crippen LogP contribution in [-0.2, 0) is 6.54 Å². The SMILES string of the molecule is O=[N+]([O-])c1ccccc1CNc1nc(Cl)ccc1[N+](=O)[O-]. The number of hydrogen-bond donors (Lipinski definition) is 1.